The molecule has 0 saturated heterocycles. The topological polar surface area (TPSA) is 78.9 Å². The lowest BCUT2D eigenvalue weighted by atomic mass is 10.0. The molecule has 442 valence electrons. The van der Waals surface area contributed by atoms with Gasteiger partial charge in [-0.05, 0) is 122 Å². The lowest BCUT2D eigenvalue weighted by Gasteiger charge is -2.18. The summed E-state index contributed by atoms with van der Waals surface area (Å²) in [5.41, 5.74) is 0. The quantitative estimate of drug-likeness (QED) is 0.0261. The number of unbranched alkanes of at least 4 members (excludes halogenated alkanes) is 32. The Morgan fingerprint density at radius 3 is 0.831 bits per heavy atom. The van der Waals surface area contributed by atoms with E-state index in [0.717, 1.165) is 96.3 Å². The molecule has 1 atom stereocenters. The Morgan fingerprint density at radius 1 is 0.273 bits per heavy atom. The molecule has 0 amide bonds. The molecule has 6 nitrogen and oxygen atoms in total. The van der Waals surface area contributed by atoms with Gasteiger partial charge in [-0.25, -0.2) is 0 Å². The molecular weight excluding hydrogens is 949 g/mol. The first kappa shape index (κ1) is 73.3. The molecular formula is C71H122O6. The van der Waals surface area contributed by atoms with E-state index < -0.39 is 6.10 Å². The molecule has 0 rings (SSSR count). The Balaban J connectivity index is 4.43. The highest BCUT2D eigenvalue weighted by Gasteiger charge is 2.19. The van der Waals surface area contributed by atoms with E-state index in [0.29, 0.717) is 19.3 Å². The van der Waals surface area contributed by atoms with Gasteiger partial charge in [0, 0.05) is 19.3 Å². The number of ether oxygens (including phenoxy) is 3. The Hall–Kier alpha value is -3.67. The van der Waals surface area contributed by atoms with Crippen LogP contribution < -0.4 is 0 Å². The summed E-state index contributed by atoms with van der Waals surface area (Å²) in [6, 6.07) is 0. The van der Waals surface area contributed by atoms with Crippen molar-refractivity contribution in [2.45, 2.75) is 322 Å². The zero-order valence-corrected chi connectivity index (χ0v) is 50.7. The minimum atomic E-state index is -0.806. The van der Waals surface area contributed by atoms with Gasteiger partial charge in [-0.15, -0.1) is 0 Å². The van der Waals surface area contributed by atoms with Crippen molar-refractivity contribution in [1.82, 2.24) is 0 Å². The molecule has 0 aromatic heterocycles. The number of hydrogen-bond donors (Lipinski definition) is 0. The van der Waals surface area contributed by atoms with Crippen molar-refractivity contribution in [3.05, 3.63) is 97.2 Å². The number of carbonyl (C=O) groups excluding carboxylic acids is 3. The van der Waals surface area contributed by atoms with E-state index >= 15 is 0 Å². The van der Waals surface area contributed by atoms with E-state index in [4.69, 9.17) is 14.2 Å². The van der Waals surface area contributed by atoms with Gasteiger partial charge in [0.25, 0.3) is 0 Å². The van der Waals surface area contributed by atoms with Crippen LogP contribution in [0.25, 0.3) is 0 Å². The highest BCUT2D eigenvalue weighted by molar-refractivity contribution is 5.71. The monoisotopic (exact) mass is 1070 g/mol. The summed E-state index contributed by atoms with van der Waals surface area (Å²) < 4.78 is 16.9. The highest BCUT2D eigenvalue weighted by atomic mass is 16.6. The standard InChI is InChI=1S/C71H122O6/c1-4-7-10-13-16-19-22-25-28-30-32-34-35-37-38-40-43-46-49-52-55-58-61-64-70(73)76-67-68(66-75-69(72)63-60-57-54-51-48-45-42-27-24-21-18-15-12-9-6-3)77-71(74)65-62-59-56-53-50-47-44-41-39-36-33-31-29-26-23-20-17-14-11-8-5-2/h8,11,17,20,26-27,29-30,32-33,36,41-42,44,50,53,68H,4-7,9-10,12-16,18-19,21-25,28,31,34-35,37-40,43,45-49,51-52,54-67H2,1-3H3/b11-8-,20-17-,29-26-,32-30-,36-33-,42-27-,44-41-,53-50-. The lowest BCUT2D eigenvalue weighted by molar-refractivity contribution is -0.167. The molecule has 0 heterocycles. The van der Waals surface area contributed by atoms with E-state index in [-0.39, 0.29) is 37.5 Å². The van der Waals surface area contributed by atoms with Crippen LogP contribution in [0, 0.1) is 0 Å². The number of allylic oxidation sites excluding steroid dienone is 16. The Labute approximate surface area is 477 Å². The van der Waals surface area contributed by atoms with Crippen LogP contribution >= 0.6 is 0 Å². The highest BCUT2D eigenvalue weighted by Crippen LogP contribution is 2.16. The molecule has 1 unspecified atom stereocenters. The fraction of sp³-hybridized carbons (Fsp3) is 0.732. The number of hydrogen-bond acceptors (Lipinski definition) is 6. The minimum absolute atomic E-state index is 0.0974. The van der Waals surface area contributed by atoms with Crippen molar-refractivity contribution in [1.29, 1.82) is 0 Å². The first-order valence-electron chi connectivity index (χ1n) is 32.7. The predicted octanol–water partition coefficient (Wildman–Crippen LogP) is 22.4. The Kier molecular flexibility index (Phi) is 61.8. The van der Waals surface area contributed by atoms with Crippen LogP contribution in [0.2, 0.25) is 0 Å². The van der Waals surface area contributed by atoms with Crippen LogP contribution in [-0.4, -0.2) is 37.2 Å². The number of carbonyl (C=O) groups is 3. The SMILES string of the molecule is CC/C=C\C/C=C\C/C=C\C/C=C\C/C=C\C/C=C\CCCCC(=O)OC(COC(=O)CCCCCCC/C=C\CCCCCCCC)COC(=O)CCCCCCCCCCCCC/C=C\CCCCCCCCCC. The van der Waals surface area contributed by atoms with Crippen LogP contribution in [0.4, 0.5) is 0 Å². The van der Waals surface area contributed by atoms with E-state index in [2.05, 4.69) is 118 Å². The third-order valence-corrected chi connectivity index (χ3v) is 14.0. The summed E-state index contributed by atoms with van der Waals surface area (Å²) in [5.74, 6) is -0.940. The van der Waals surface area contributed by atoms with E-state index in [9.17, 15) is 14.4 Å². The molecule has 0 spiro atoms. The van der Waals surface area contributed by atoms with Crippen molar-refractivity contribution in [3.8, 4) is 0 Å². The van der Waals surface area contributed by atoms with Crippen molar-refractivity contribution in [3.63, 3.8) is 0 Å². The van der Waals surface area contributed by atoms with Gasteiger partial charge in [-0.3, -0.25) is 14.4 Å². The second-order valence-corrected chi connectivity index (χ2v) is 21.6. The van der Waals surface area contributed by atoms with E-state index in [1.807, 2.05) is 0 Å². The van der Waals surface area contributed by atoms with Crippen molar-refractivity contribution < 1.29 is 28.6 Å². The molecule has 0 aliphatic carbocycles. The van der Waals surface area contributed by atoms with Crippen LogP contribution in [0.5, 0.6) is 0 Å². The molecule has 0 bridgehead atoms. The second kappa shape index (κ2) is 64.9. The molecule has 0 aliphatic heterocycles. The number of esters is 3. The molecule has 0 aromatic rings. The number of rotatable bonds is 59. The molecule has 0 radical (unpaired) electrons. The van der Waals surface area contributed by atoms with Gasteiger partial charge in [-0.2, -0.15) is 0 Å². The zero-order chi connectivity index (χ0) is 55.7. The van der Waals surface area contributed by atoms with E-state index in [1.54, 1.807) is 0 Å². The van der Waals surface area contributed by atoms with Gasteiger partial charge in [0.15, 0.2) is 6.10 Å². The molecule has 77 heavy (non-hydrogen) atoms. The summed E-state index contributed by atoms with van der Waals surface area (Å²) in [7, 11) is 0. The molecule has 0 fully saturated rings. The maximum Gasteiger partial charge on any atom is 0.306 e. The maximum atomic E-state index is 12.9. The maximum absolute atomic E-state index is 12.9. The largest absolute Gasteiger partial charge is 0.462 e. The average molecular weight is 1070 g/mol. The van der Waals surface area contributed by atoms with Gasteiger partial charge in [0.1, 0.15) is 13.2 Å². The summed E-state index contributed by atoms with van der Waals surface area (Å²) >= 11 is 0. The Morgan fingerprint density at radius 2 is 0.506 bits per heavy atom. The van der Waals surface area contributed by atoms with Gasteiger partial charge in [0.2, 0.25) is 0 Å². The second-order valence-electron chi connectivity index (χ2n) is 21.6. The van der Waals surface area contributed by atoms with E-state index in [1.165, 1.54) is 173 Å². The summed E-state index contributed by atoms with van der Waals surface area (Å²) in [4.78, 5) is 38.3. The fourth-order valence-electron chi connectivity index (χ4n) is 9.14. The molecule has 6 heteroatoms. The third kappa shape index (κ3) is 63.0. The van der Waals surface area contributed by atoms with Crippen molar-refractivity contribution in [2.24, 2.45) is 0 Å². The first-order valence-corrected chi connectivity index (χ1v) is 32.7. The van der Waals surface area contributed by atoms with Crippen LogP contribution in [0.3, 0.4) is 0 Å². The predicted molar refractivity (Wildman–Crippen MR) is 334 cm³/mol. The third-order valence-electron chi connectivity index (χ3n) is 14.0. The van der Waals surface area contributed by atoms with Gasteiger partial charge in [0.05, 0.1) is 0 Å². The van der Waals surface area contributed by atoms with Gasteiger partial charge < -0.3 is 14.2 Å². The Bertz CT molecular complexity index is 1510. The molecule has 0 saturated carbocycles. The lowest BCUT2D eigenvalue weighted by Crippen LogP contribution is -2.30. The molecule has 0 N–H and O–H groups in total. The smallest absolute Gasteiger partial charge is 0.306 e. The summed E-state index contributed by atoms with van der Waals surface area (Å²) in [6.45, 7) is 6.51. The van der Waals surface area contributed by atoms with Crippen molar-refractivity contribution in [2.75, 3.05) is 13.2 Å². The van der Waals surface area contributed by atoms with Gasteiger partial charge in [-0.1, -0.05) is 272 Å². The van der Waals surface area contributed by atoms with Crippen LogP contribution in [0.15, 0.2) is 97.2 Å². The first-order chi connectivity index (χ1) is 38.0. The van der Waals surface area contributed by atoms with Crippen LogP contribution in [-0.2, 0) is 28.6 Å². The summed E-state index contributed by atoms with van der Waals surface area (Å²) in [6.07, 6.45) is 87.0. The minimum Gasteiger partial charge on any atom is -0.462 e. The normalized spacial score (nSPS) is 12.7. The van der Waals surface area contributed by atoms with Crippen molar-refractivity contribution >= 4 is 17.9 Å². The average Bonchev–Trinajstić information content (AvgIpc) is 3.43. The molecule has 0 aromatic carbocycles. The summed E-state index contributed by atoms with van der Waals surface area (Å²) in [5, 5.41) is 0. The van der Waals surface area contributed by atoms with Crippen LogP contribution in [0.1, 0.15) is 316 Å². The van der Waals surface area contributed by atoms with Gasteiger partial charge >= 0.3 is 17.9 Å². The zero-order valence-electron chi connectivity index (χ0n) is 50.7. The fourth-order valence-corrected chi connectivity index (χ4v) is 9.14. The molecule has 0 aliphatic rings.